The summed E-state index contributed by atoms with van der Waals surface area (Å²) in [5.41, 5.74) is 1.62. The molecular weight excluding hydrogens is 244 g/mol. The molecule has 2 rings (SSSR count). The van der Waals surface area contributed by atoms with Crippen LogP contribution in [0, 0.1) is 11.3 Å². The highest BCUT2D eigenvalue weighted by molar-refractivity contribution is 7.98. The lowest BCUT2D eigenvalue weighted by molar-refractivity contribution is -0.0601. The minimum Gasteiger partial charge on any atom is -0.381 e. The van der Waals surface area contributed by atoms with Crippen molar-refractivity contribution < 1.29 is 4.74 Å². The summed E-state index contributed by atoms with van der Waals surface area (Å²) in [7, 11) is 1.77. The third-order valence-electron chi connectivity index (χ3n) is 3.66. The average Bonchev–Trinajstić information content (AvgIpc) is 2.37. The Morgan fingerprint density at radius 2 is 2.28 bits per heavy atom. The fourth-order valence-corrected chi connectivity index (χ4v) is 2.82. The molecule has 0 spiro atoms. The largest absolute Gasteiger partial charge is 0.381 e. The number of thioether (sulfide) groups is 1. The Labute approximate surface area is 113 Å². The maximum absolute atomic E-state index is 9.25. The first-order valence-corrected chi connectivity index (χ1v) is 7.33. The van der Waals surface area contributed by atoms with Crippen molar-refractivity contribution in [1.82, 2.24) is 0 Å². The standard InChI is InChI=1S/C14H18N2OS/c1-17-14(7-4-8-14)10-16-12-5-3-6-13(18-2)11(12)9-15/h3,5-6,16H,4,7-8,10H2,1-2H3. The molecule has 0 saturated heterocycles. The Kier molecular flexibility index (Phi) is 4.15. The molecule has 96 valence electrons. The second-order valence-corrected chi connectivity index (χ2v) is 5.44. The second-order valence-electron chi connectivity index (χ2n) is 4.59. The third kappa shape index (κ3) is 2.47. The SMILES string of the molecule is COC1(CNc2cccc(SC)c2C#N)CCC1. The van der Waals surface area contributed by atoms with E-state index in [4.69, 9.17) is 4.74 Å². The number of ether oxygens (including phenoxy) is 1. The number of rotatable bonds is 5. The predicted molar refractivity (Wildman–Crippen MR) is 75.0 cm³/mol. The molecule has 0 aliphatic heterocycles. The Hall–Kier alpha value is -1.18. The maximum atomic E-state index is 9.25. The zero-order valence-electron chi connectivity index (χ0n) is 10.8. The molecule has 0 bridgehead atoms. The van der Waals surface area contributed by atoms with E-state index in [1.807, 2.05) is 24.5 Å². The molecule has 18 heavy (non-hydrogen) atoms. The summed E-state index contributed by atoms with van der Waals surface area (Å²) in [4.78, 5) is 1.02. The van der Waals surface area contributed by atoms with E-state index in [9.17, 15) is 5.26 Å². The molecule has 0 unspecified atom stereocenters. The van der Waals surface area contributed by atoms with E-state index in [1.54, 1.807) is 18.9 Å². The zero-order chi connectivity index (χ0) is 13.0. The van der Waals surface area contributed by atoms with Gasteiger partial charge in [-0.1, -0.05) is 6.07 Å². The normalized spacial score (nSPS) is 16.7. The number of hydrogen-bond acceptors (Lipinski definition) is 4. The summed E-state index contributed by atoms with van der Waals surface area (Å²) < 4.78 is 5.57. The van der Waals surface area contributed by atoms with Crippen molar-refractivity contribution in [2.24, 2.45) is 0 Å². The van der Waals surface area contributed by atoms with Gasteiger partial charge in [-0.2, -0.15) is 5.26 Å². The molecule has 0 amide bonds. The van der Waals surface area contributed by atoms with Gasteiger partial charge in [0.05, 0.1) is 16.9 Å². The van der Waals surface area contributed by atoms with Gasteiger partial charge >= 0.3 is 0 Å². The Morgan fingerprint density at radius 3 is 2.78 bits per heavy atom. The monoisotopic (exact) mass is 262 g/mol. The smallest absolute Gasteiger partial charge is 0.102 e. The number of anilines is 1. The topological polar surface area (TPSA) is 45.0 Å². The first-order chi connectivity index (χ1) is 8.74. The average molecular weight is 262 g/mol. The molecule has 1 aromatic carbocycles. The lowest BCUT2D eigenvalue weighted by Gasteiger charge is -2.40. The highest BCUT2D eigenvalue weighted by Gasteiger charge is 2.36. The predicted octanol–water partition coefficient (Wildman–Crippen LogP) is 3.26. The van der Waals surface area contributed by atoms with E-state index < -0.39 is 0 Å². The number of methoxy groups -OCH3 is 1. The second kappa shape index (κ2) is 5.64. The van der Waals surface area contributed by atoms with Gasteiger partial charge in [0, 0.05) is 18.6 Å². The minimum atomic E-state index is -0.0257. The molecule has 3 nitrogen and oxygen atoms in total. The van der Waals surface area contributed by atoms with Gasteiger partial charge in [-0.15, -0.1) is 11.8 Å². The van der Waals surface area contributed by atoms with Gasteiger partial charge in [0.2, 0.25) is 0 Å². The molecule has 0 aromatic heterocycles. The van der Waals surface area contributed by atoms with Crippen LogP contribution in [0.4, 0.5) is 5.69 Å². The van der Waals surface area contributed by atoms with Crippen LogP contribution in [0.5, 0.6) is 0 Å². The molecular formula is C14H18N2OS. The van der Waals surface area contributed by atoms with Crippen LogP contribution in [0.15, 0.2) is 23.1 Å². The van der Waals surface area contributed by atoms with Crippen LogP contribution < -0.4 is 5.32 Å². The van der Waals surface area contributed by atoms with Gasteiger partial charge in [-0.3, -0.25) is 0 Å². The Bertz CT molecular complexity index is 458. The molecule has 1 fully saturated rings. The molecule has 1 aliphatic rings. The van der Waals surface area contributed by atoms with E-state index in [2.05, 4.69) is 11.4 Å². The highest BCUT2D eigenvalue weighted by Crippen LogP contribution is 2.35. The van der Waals surface area contributed by atoms with Crippen LogP contribution in [-0.2, 0) is 4.74 Å². The van der Waals surface area contributed by atoms with Crippen LogP contribution in [0.3, 0.4) is 0 Å². The van der Waals surface area contributed by atoms with Crippen LogP contribution in [0.2, 0.25) is 0 Å². The fraction of sp³-hybridized carbons (Fsp3) is 0.500. The van der Waals surface area contributed by atoms with Crippen LogP contribution >= 0.6 is 11.8 Å². The molecule has 0 atom stereocenters. The lowest BCUT2D eigenvalue weighted by atomic mass is 9.80. The molecule has 1 aromatic rings. The van der Waals surface area contributed by atoms with Crippen LogP contribution in [0.1, 0.15) is 24.8 Å². The van der Waals surface area contributed by atoms with Crippen molar-refractivity contribution in [1.29, 1.82) is 5.26 Å². The van der Waals surface area contributed by atoms with Crippen molar-refractivity contribution in [2.45, 2.75) is 29.8 Å². The van der Waals surface area contributed by atoms with Gasteiger partial charge in [0.25, 0.3) is 0 Å². The molecule has 1 aliphatic carbocycles. The van der Waals surface area contributed by atoms with Crippen LogP contribution in [0.25, 0.3) is 0 Å². The van der Waals surface area contributed by atoms with Crippen molar-refractivity contribution in [3.63, 3.8) is 0 Å². The van der Waals surface area contributed by atoms with E-state index in [1.165, 1.54) is 6.42 Å². The molecule has 1 N–H and O–H groups in total. The first-order valence-electron chi connectivity index (χ1n) is 6.11. The van der Waals surface area contributed by atoms with Gasteiger partial charge in [-0.25, -0.2) is 0 Å². The number of benzene rings is 1. The Morgan fingerprint density at radius 1 is 1.50 bits per heavy atom. The molecule has 0 heterocycles. The zero-order valence-corrected chi connectivity index (χ0v) is 11.6. The molecule has 4 heteroatoms. The van der Waals surface area contributed by atoms with Crippen molar-refractivity contribution >= 4 is 17.4 Å². The number of nitrogens with one attached hydrogen (secondary N) is 1. The summed E-state index contributed by atoms with van der Waals surface area (Å²) >= 11 is 1.60. The highest BCUT2D eigenvalue weighted by atomic mass is 32.2. The van der Waals surface area contributed by atoms with Gasteiger partial charge < -0.3 is 10.1 Å². The minimum absolute atomic E-state index is 0.0257. The first kappa shape index (κ1) is 13.3. The number of nitrogens with zero attached hydrogens (tertiary/aromatic N) is 1. The van der Waals surface area contributed by atoms with Crippen molar-refractivity contribution in [3.05, 3.63) is 23.8 Å². The summed E-state index contributed by atoms with van der Waals surface area (Å²) in [5, 5.41) is 12.6. The van der Waals surface area contributed by atoms with Gasteiger partial charge in [0.15, 0.2) is 0 Å². The van der Waals surface area contributed by atoms with E-state index in [0.29, 0.717) is 0 Å². The summed E-state index contributed by atoms with van der Waals surface area (Å²) in [6, 6.07) is 8.20. The fourth-order valence-electron chi connectivity index (χ4n) is 2.24. The molecule has 0 radical (unpaired) electrons. The van der Waals surface area contributed by atoms with Crippen LogP contribution in [-0.4, -0.2) is 25.5 Å². The summed E-state index contributed by atoms with van der Waals surface area (Å²) in [6.45, 7) is 0.774. The van der Waals surface area contributed by atoms with E-state index >= 15 is 0 Å². The van der Waals surface area contributed by atoms with E-state index in [0.717, 1.165) is 35.5 Å². The van der Waals surface area contributed by atoms with Crippen molar-refractivity contribution in [2.75, 3.05) is 25.2 Å². The lowest BCUT2D eigenvalue weighted by Crippen LogP contribution is -2.45. The van der Waals surface area contributed by atoms with E-state index in [-0.39, 0.29) is 5.60 Å². The van der Waals surface area contributed by atoms with Gasteiger partial charge in [0.1, 0.15) is 6.07 Å². The number of nitriles is 1. The Balaban J connectivity index is 2.12. The maximum Gasteiger partial charge on any atom is 0.102 e. The third-order valence-corrected chi connectivity index (χ3v) is 4.44. The quantitative estimate of drug-likeness (QED) is 0.827. The van der Waals surface area contributed by atoms with Crippen molar-refractivity contribution in [3.8, 4) is 6.07 Å². The summed E-state index contributed by atoms with van der Waals surface area (Å²) in [6.07, 6.45) is 5.41. The molecule has 1 saturated carbocycles. The summed E-state index contributed by atoms with van der Waals surface area (Å²) in [5.74, 6) is 0. The van der Waals surface area contributed by atoms with Gasteiger partial charge in [-0.05, 0) is 37.7 Å². The number of hydrogen-bond donors (Lipinski definition) is 1.